The Hall–Kier alpha value is -2.17. The summed E-state index contributed by atoms with van der Waals surface area (Å²) < 4.78 is 32.9. The number of nitrogens with zero attached hydrogens (tertiary/aromatic N) is 3. The Balaban J connectivity index is 1.71. The molecular formula is C22H34N4O5S. The first-order valence-corrected chi connectivity index (χ1v) is 12.7. The number of likely N-dealkylation sites (tertiary alicyclic amines) is 1. The van der Waals surface area contributed by atoms with Crippen LogP contribution in [-0.2, 0) is 19.6 Å². The first kappa shape index (κ1) is 24.5. The molecule has 32 heavy (non-hydrogen) atoms. The maximum atomic E-state index is 13.1. The summed E-state index contributed by atoms with van der Waals surface area (Å²) in [5.41, 5.74) is 1.07. The van der Waals surface area contributed by atoms with Crippen LogP contribution < -0.4 is 5.32 Å². The van der Waals surface area contributed by atoms with Crippen molar-refractivity contribution >= 4 is 27.6 Å². The lowest BCUT2D eigenvalue weighted by Crippen LogP contribution is -2.49. The van der Waals surface area contributed by atoms with Crippen LogP contribution in [0.2, 0.25) is 0 Å². The Kier molecular flexibility index (Phi) is 8.13. The summed E-state index contributed by atoms with van der Waals surface area (Å²) in [6.45, 7) is 9.28. The van der Waals surface area contributed by atoms with Crippen molar-refractivity contribution in [3.8, 4) is 0 Å². The van der Waals surface area contributed by atoms with Crippen molar-refractivity contribution in [1.82, 2.24) is 14.1 Å². The third-order valence-electron chi connectivity index (χ3n) is 6.14. The number of urea groups is 1. The number of ether oxygens (including phenoxy) is 1. The number of anilines is 1. The highest BCUT2D eigenvalue weighted by Gasteiger charge is 2.31. The van der Waals surface area contributed by atoms with E-state index in [1.54, 1.807) is 28.9 Å². The normalized spacial score (nSPS) is 20.1. The molecule has 1 aromatic rings. The number of rotatable bonds is 6. The van der Waals surface area contributed by atoms with Crippen molar-refractivity contribution in [2.24, 2.45) is 5.92 Å². The molecule has 0 bridgehead atoms. The number of benzene rings is 1. The van der Waals surface area contributed by atoms with Gasteiger partial charge in [-0.3, -0.25) is 4.79 Å². The van der Waals surface area contributed by atoms with E-state index in [1.807, 2.05) is 13.8 Å². The maximum Gasteiger partial charge on any atom is 0.320 e. The summed E-state index contributed by atoms with van der Waals surface area (Å²) in [5, 5.41) is 2.87. The molecule has 9 nitrogen and oxygen atoms in total. The summed E-state index contributed by atoms with van der Waals surface area (Å²) in [6, 6.07) is 4.91. The van der Waals surface area contributed by atoms with E-state index in [-0.39, 0.29) is 22.8 Å². The minimum atomic E-state index is -3.67. The lowest BCUT2D eigenvalue weighted by molar-refractivity contribution is -0.121. The Labute approximate surface area is 190 Å². The Bertz CT molecular complexity index is 926. The van der Waals surface area contributed by atoms with Crippen LogP contribution in [0, 0.1) is 12.8 Å². The average Bonchev–Trinajstić information content (AvgIpc) is 2.81. The smallest absolute Gasteiger partial charge is 0.320 e. The van der Waals surface area contributed by atoms with Gasteiger partial charge in [-0.15, -0.1) is 0 Å². The van der Waals surface area contributed by atoms with Crippen molar-refractivity contribution in [3.63, 3.8) is 0 Å². The number of hydrogen-bond donors (Lipinski definition) is 1. The third-order valence-corrected chi connectivity index (χ3v) is 8.18. The molecule has 1 unspecified atom stereocenters. The molecule has 2 fully saturated rings. The number of piperidine rings is 1. The molecule has 2 aliphatic heterocycles. The van der Waals surface area contributed by atoms with Gasteiger partial charge in [-0.05, 0) is 51.3 Å². The van der Waals surface area contributed by atoms with Gasteiger partial charge in [0.1, 0.15) is 0 Å². The van der Waals surface area contributed by atoms with Crippen molar-refractivity contribution in [2.75, 3.05) is 57.8 Å². The summed E-state index contributed by atoms with van der Waals surface area (Å²) in [5.74, 6) is -0.524. The number of carbonyl (C=O) groups is 2. The van der Waals surface area contributed by atoms with Gasteiger partial charge in [0.05, 0.1) is 24.0 Å². The molecule has 2 saturated heterocycles. The molecule has 0 aliphatic carbocycles. The van der Waals surface area contributed by atoms with E-state index in [9.17, 15) is 18.0 Å². The molecule has 1 aromatic carbocycles. The molecule has 2 aliphatic rings. The summed E-state index contributed by atoms with van der Waals surface area (Å²) in [6.07, 6.45) is 1.45. The molecule has 0 saturated carbocycles. The summed E-state index contributed by atoms with van der Waals surface area (Å²) in [4.78, 5) is 29.3. The second-order valence-corrected chi connectivity index (χ2v) is 10.1. The highest BCUT2D eigenvalue weighted by Crippen LogP contribution is 2.26. The first-order chi connectivity index (χ1) is 15.3. The predicted molar refractivity (Wildman–Crippen MR) is 122 cm³/mol. The number of aryl methyl sites for hydroxylation is 1. The van der Waals surface area contributed by atoms with E-state index in [4.69, 9.17) is 4.74 Å². The molecule has 2 heterocycles. The van der Waals surface area contributed by atoms with Crippen molar-refractivity contribution in [2.45, 2.75) is 38.5 Å². The SMILES string of the molecule is CCN(CC)C(=O)N1CCCC(C(=O)Nc2ccc(C)c(S(=O)(=O)N3CCOCC3)c2)C1. The van der Waals surface area contributed by atoms with E-state index >= 15 is 0 Å². The highest BCUT2D eigenvalue weighted by atomic mass is 32.2. The van der Waals surface area contributed by atoms with Gasteiger partial charge < -0.3 is 19.9 Å². The summed E-state index contributed by atoms with van der Waals surface area (Å²) in [7, 11) is -3.67. The van der Waals surface area contributed by atoms with Crippen LogP contribution in [0.1, 0.15) is 32.3 Å². The lowest BCUT2D eigenvalue weighted by Gasteiger charge is -2.35. The zero-order valence-electron chi connectivity index (χ0n) is 19.2. The predicted octanol–water partition coefficient (Wildman–Crippen LogP) is 2.13. The third kappa shape index (κ3) is 5.41. The first-order valence-electron chi connectivity index (χ1n) is 11.3. The fourth-order valence-corrected chi connectivity index (χ4v) is 5.84. The van der Waals surface area contributed by atoms with Gasteiger partial charge in [-0.25, -0.2) is 13.2 Å². The second-order valence-electron chi connectivity index (χ2n) is 8.23. The van der Waals surface area contributed by atoms with Crippen LogP contribution in [0.15, 0.2) is 23.1 Å². The topological polar surface area (TPSA) is 99.3 Å². The van der Waals surface area contributed by atoms with E-state index in [2.05, 4.69) is 5.32 Å². The largest absolute Gasteiger partial charge is 0.379 e. The lowest BCUT2D eigenvalue weighted by atomic mass is 9.97. The van der Waals surface area contributed by atoms with E-state index in [0.717, 1.165) is 6.42 Å². The number of carbonyl (C=O) groups excluding carboxylic acids is 2. The zero-order chi connectivity index (χ0) is 23.3. The minimum Gasteiger partial charge on any atom is -0.379 e. The van der Waals surface area contributed by atoms with Gasteiger partial charge in [-0.1, -0.05) is 6.07 Å². The van der Waals surface area contributed by atoms with Crippen LogP contribution >= 0.6 is 0 Å². The number of hydrogen-bond acceptors (Lipinski definition) is 5. The standard InChI is InChI=1S/C22H34N4O5S/c1-4-24(5-2)22(28)25-10-6-7-18(16-25)21(27)23-19-9-8-17(3)20(15-19)32(29,30)26-11-13-31-14-12-26/h8-9,15,18H,4-7,10-14,16H2,1-3H3,(H,23,27). The van der Waals surface area contributed by atoms with Crippen molar-refractivity contribution < 1.29 is 22.7 Å². The molecular weight excluding hydrogens is 432 g/mol. The quantitative estimate of drug-likeness (QED) is 0.692. The fraction of sp³-hybridized carbons (Fsp3) is 0.636. The molecule has 0 radical (unpaired) electrons. The van der Waals surface area contributed by atoms with E-state index in [0.29, 0.717) is 70.2 Å². The highest BCUT2D eigenvalue weighted by molar-refractivity contribution is 7.89. The number of nitrogens with one attached hydrogen (secondary N) is 1. The minimum absolute atomic E-state index is 0.0401. The number of amides is 3. The Morgan fingerprint density at radius 1 is 1.16 bits per heavy atom. The molecule has 3 amide bonds. The number of sulfonamides is 1. The van der Waals surface area contributed by atoms with E-state index < -0.39 is 10.0 Å². The van der Waals surface area contributed by atoms with Gasteiger partial charge in [0.15, 0.2) is 0 Å². The van der Waals surface area contributed by atoms with Gasteiger partial charge in [0.25, 0.3) is 0 Å². The molecule has 3 rings (SSSR count). The molecule has 0 spiro atoms. The molecule has 10 heteroatoms. The Morgan fingerprint density at radius 2 is 1.84 bits per heavy atom. The maximum absolute atomic E-state index is 13.1. The van der Waals surface area contributed by atoms with Crippen molar-refractivity contribution in [3.05, 3.63) is 23.8 Å². The van der Waals surface area contributed by atoms with Gasteiger partial charge in [0, 0.05) is 45.0 Å². The second kappa shape index (κ2) is 10.6. The van der Waals surface area contributed by atoms with Gasteiger partial charge in [0.2, 0.25) is 15.9 Å². The summed E-state index contributed by atoms with van der Waals surface area (Å²) >= 11 is 0. The van der Waals surface area contributed by atoms with Gasteiger partial charge in [-0.2, -0.15) is 4.31 Å². The molecule has 1 N–H and O–H groups in total. The van der Waals surface area contributed by atoms with Crippen molar-refractivity contribution in [1.29, 1.82) is 0 Å². The van der Waals surface area contributed by atoms with E-state index in [1.165, 1.54) is 10.4 Å². The molecule has 0 aromatic heterocycles. The molecule has 178 valence electrons. The van der Waals surface area contributed by atoms with Gasteiger partial charge >= 0.3 is 6.03 Å². The van der Waals surface area contributed by atoms with Crippen LogP contribution in [-0.4, -0.2) is 86.9 Å². The van der Waals surface area contributed by atoms with Crippen LogP contribution in [0.25, 0.3) is 0 Å². The monoisotopic (exact) mass is 466 g/mol. The average molecular weight is 467 g/mol. The zero-order valence-corrected chi connectivity index (χ0v) is 20.0. The fourth-order valence-electron chi connectivity index (χ4n) is 4.19. The molecule has 1 atom stereocenters. The Morgan fingerprint density at radius 3 is 2.50 bits per heavy atom. The van der Waals surface area contributed by atoms with Crippen LogP contribution in [0.3, 0.4) is 0 Å². The van der Waals surface area contributed by atoms with Crippen LogP contribution in [0.4, 0.5) is 10.5 Å². The number of morpholine rings is 1. The van der Waals surface area contributed by atoms with Crippen LogP contribution in [0.5, 0.6) is 0 Å².